The average Bonchev–Trinajstić information content (AvgIpc) is 2.64. The number of halogens is 2. The van der Waals surface area contributed by atoms with Gasteiger partial charge in [0.2, 0.25) is 15.9 Å². The van der Waals surface area contributed by atoms with Crippen LogP contribution in [0.5, 0.6) is 5.75 Å². The Bertz CT molecular complexity index is 887. The monoisotopic (exact) mass is 412 g/mol. The van der Waals surface area contributed by atoms with Crippen molar-refractivity contribution in [2.45, 2.75) is 19.4 Å². The Kier molecular flexibility index (Phi) is 7.33. The molecule has 1 N–H and O–H groups in total. The summed E-state index contributed by atoms with van der Waals surface area (Å²) >= 11 is 0. The van der Waals surface area contributed by atoms with Gasteiger partial charge in [0.1, 0.15) is 30.0 Å². The number of sulfonamides is 1. The second-order valence-corrected chi connectivity index (χ2v) is 7.91. The molecule has 0 bridgehead atoms. The van der Waals surface area contributed by atoms with Crippen LogP contribution in [0.1, 0.15) is 13.3 Å². The number of ether oxygens (including phenoxy) is 1. The third-order valence-electron chi connectivity index (χ3n) is 3.89. The third kappa shape index (κ3) is 5.91. The fourth-order valence-electron chi connectivity index (χ4n) is 2.64. The first-order valence-electron chi connectivity index (χ1n) is 8.63. The van der Waals surface area contributed by atoms with E-state index in [2.05, 4.69) is 5.32 Å². The SMILES string of the molecule is CC[C@H](C(=O)NCCOc1ccc(F)cc1)N(c1ccc(F)cc1)S(C)(=O)=O. The van der Waals surface area contributed by atoms with Crippen LogP contribution >= 0.6 is 0 Å². The van der Waals surface area contributed by atoms with Crippen LogP contribution in [0.2, 0.25) is 0 Å². The van der Waals surface area contributed by atoms with Crippen LogP contribution in [0.15, 0.2) is 48.5 Å². The van der Waals surface area contributed by atoms with Gasteiger partial charge in [-0.3, -0.25) is 9.10 Å². The Morgan fingerprint density at radius 1 is 1.07 bits per heavy atom. The van der Waals surface area contributed by atoms with Crippen molar-refractivity contribution in [2.75, 3.05) is 23.7 Å². The van der Waals surface area contributed by atoms with Crippen molar-refractivity contribution in [3.63, 3.8) is 0 Å². The molecule has 0 aliphatic rings. The second-order valence-electron chi connectivity index (χ2n) is 6.05. The van der Waals surface area contributed by atoms with E-state index in [-0.39, 0.29) is 31.1 Å². The smallest absolute Gasteiger partial charge is 0.244 e. The number of carbonyl (C=O) groups excluding carboxylic acids is 1. The summed E-state index contributed by atoms with van der Waals surface area (Å²) in [4.78, 5) is 12.6. The molecule has 1 atom stereocenters. The first-order valence-corrected chi connectivity index (χ1v) is 10.5. The van der Waals surface area contributed by atoms with E-state index in [4.69, 9.17) is 4.74 Å². The molecule has 0 aromatic heterocycles. The zero-order valence-electron chi connectivity index (χ0n) is 15.6. The van der Waals surface area contributed by atoms with Gasteiger partial charge in [0.25, 0.3) is 0 Å². The number of nitrogens with one attached hydrogen (secondary N) is 1. The number of rotatable bonds is 9. The maximum absolute atomic E-state index is 13.2. The van der Waals surface area contributed by atoms with Gasteiger partial charge in [-0.2, -0.15) is 0 Å². The van der Waals surface area contributed by atoms with Crippen molar-refractivity contribution in [1.82, 2.24) is 5.32 Å². The number of anilines is 1. The highest BCUT2D eigenvalue weighted by molar-refractivity contribution is 7.92. The maximum atomic E-state index is 13.2. The summed E-state index contributed by atoms with van der Waals surface area (Å²) in [6.45, 7) is 1.94. The van der Waals surface area contributed by atoms with Gasteiger partial charge < -0.3 is 10.1 Å². The van der Waals surface area contributed by atoms with Gasteiger partial charge >= 0.3 is 0 Å². The van der Waals surface area contributed by atoms with Crippen molar-refractivity contribution in [3.8, 4) is 5.75 Å². The lowest BCUT2D eigenvalue weighted by Gasteiger charge is -2.30. The molecule has 0 fully saturated rings. The topological polar surface area (TPSA) is 75.7 Å². The van der Waals surface area contributed by atoms with Gasteiger partial charge in [-0.1, -0.05) is 6.92 Å². The molecule has 2 rings (SSSR count). The zero-order valence-corrected chi connectivity index (χ0v) is 16.4. The molecule has 0 spiro atoms. The highest BCUT2D eigenvalue weighted by Gasteiger charge is 2.31. The average molecular weight is 412 g/mol. The van der Waals surface area contributed by atoms with Crippen LogP contribution in [0.25, 0.3) is 0 Å². The standard InChI is InChI=1S/C19H22F2N2O4S/c1-3-18(23(28(2,25)26)16-8-4-14(20)5-9-16)19(24)22-12-13-27-17-10-6-15(21)7-11-17/h4-11,18H,3,12-13H2,1-2H3,(H,22,24)/t18-/m1/s1. The molecule has 0 heterocycles. The number of amides is 1. The van der Waals surface area contributed by atoms with Gasteiger partial charge in [0.15, 0.2) is 0 Å². The van der Waals surface area contributed by atoms with Crippen molar-refractivity contribution in [3.05, 3.63) is 60.2 Å². The largest absolute Gasteiger partial charge is 0.492 e. The fourth-order valence-corrected chi connectivity index (χ4v) is 3.85. The van der Waals surface area contributed by atoms with Crippen molar-refractivity contribution >= 4 is 21.6 Å². The molecule has 0 saturated carbocycles. The van der Waals surface area contributed by atoms with Crippen LogP contribution in [-0.2, 0) is 14.8 Å². The molecule has 9 heteroatoms. The van der Waals surface area contributed by atoms with Crippen molar-refractivity contribution in [1.29, 1.82) is 0 Å². The van der Waals surface area contributed by atoms with E-state index in [9.17, 15) is 22.0 Å². The van der Waals surface area contributed by atoms with Crippen molar-refractivity contribution < 1.29 is 26.7 Å². The van der Waals surface area contributed by atoms with Crippen molar-refractivity contribution in [2.24, 2.45) is 0 Å². The molecule has 0 radical (unpaired) electrons. The Morgan fingerprint density at radius 3 is 2.11 bits per heavy atom. The lowest BCUT2D eigenvalue weighted by atomic mass is 10.2. The first-order chi connectivity index (χ1) is 13.2. The summed E-state index contributed by atoms with van der Waals surface area (Å²) in [5, 5.41) is 2.63. The van der Waals surface area contributed by atoms with Gasteiger partial charge in [0.05, 0.1) is 18.5 Å². The Balaban J connectivity index is 2.02. The minimum atomic E-state index is -3.78. The Labute approximate surface area is 163 Å². The molecule has 2 aromatic carbocycles. The summed E-state index contributed by atoms with van der Waals surface area (Å²) in [6.07, 6.45) is 1.21. The quantitative estimate of drug-likeness (QED) is 0.643. The third-order valence-corrected chi connectivity index (χ3v) is 5.07. The number of benzene rings is 2. The molecule has 6 nitrogen and oxygen atoms in total. The second kappa shape index (κ2) is 9.50. The normalized spacial score (nSPS) is 12.3. The predicted octanol–water partition coefficient (Wildman–Crippen LogP) is 2.70. The first kappa shape index (κ1) is 21.6. The number of nitrogens with zero attached hydrogens (tertiary/aromatic N) is 1. The summed E-state index contributed by atoms with van der Waals surface area (Å²) in [5.74, 6) is -0.938. The van der Waals surface area contributed by atoms with Crippen LogP contribution in [0, 0.1) is 11.6 Å². The van der Waals surface area contributed by atoms with Crippen LogP contribution in [0.3, 0.4) is 0 Å². The molecule has 152 valence electrons. The number of hydrogen-bond donors (Lipinski definition) is 1. The molecule has 1 amide bonds. The summed E-state index contributed by atoms with van der Waals surface area (Å²) in [7, 11) is -3.78. The highest BCUT2D eigenvalue weighted by Crippen LogP contribution is 2.22. The van der Waals surface area contributed by atoms with E-state index in [1.165, 1.54) is 36.4 Å². The maximum Gasteiger partial charge on any atom is 0.244 e. The summed E-state index contributed by atoms with van der Waals surface area (Å²) in [5.41, 5.74) is 0.202. The lowest BCUT2D eigenvalue weighted by molar-refractivity contribution is -0.122. The molecular weight excluding hydrogens is 390 g/mol. The summed E-state index contributed by atoms with van der Waals surface area (Å²) in [6, 6.07) is 9.34. The molecule has 2 aromatic rings. The zero-order chi connectivity index (χ0) is 20.7. The molecule has 0 aliphatic heterocycles. The van der Waals surface area contributed by atoms with Gasteiger partial charge in [-0.25, -0.2) is 17.2 Å². The van der Waals surface area contributed by atoms with E-state index in [1.54, 1.807) is 6.92 Å². The minimum Gasteiger partial charge on any atom is -0.492 e. The lowest BCUT2D eigenvalue weighted by Crippen LogP contribution is -2.50. The van der Waals surface area contributed by atoms with E-state index in [0.717, 1.165) is 22.7 Å². The van der Waals surface area contributed by atoms with Crippen LogP contribution in [-0.4, -0.2) is 39.8 Å². The fraction of sp³-hybridized carbons (Fsp3) is 0.316. The molecule has 0 saturated heterocycles. The summed E-state index contributed by atoms with van der Waals surface area (Å²) < 4.78 is 56.9. The molecule has 0 aliphatic carbocycles. The molecular formula is C19H22F2N2O4S. The van der Waals surface area contributed by atoms with Gasteiger partial charge in [0, 0.05) is 0 Å². The predicted molar refractivity (Wildman–Crippen MR) is 103 cm³/mol. The van der Waals surface area contributed by atoms with Crippen LogP contribution in [0.4, 0.5) is 14.5 Å². The van der Waals surface area contributed by atoms with Gasteiger partial charge in [-0.15, -0.1) is 0 Å². The van der Waals surface area contributed by atoms with E-state index < -0.39 is 27.8 Å². The Hall–Kier alpha value is -2.68. The molecule has 28 heavy (non-hydrogen) atoms. The van der Waals surface area contributed by atoms with Gasteiger partial charge in [-0.05, 0) is 55.0 Å². The van der Waals surface area contributed by atoms with E-state index in [0.29, 0.717) is 5.75 Å². The minimum absolute atomic E-state index is 0.128. The van der Waals surface area contributed by atoms with Crippen LogP contribution < -0.4 is 14.4 Å². The number of hydrogen-bond acceptors (Lipinski definition) is 4. The number of carbonyl (C=O) groups is 1. The molecule has 0 unspecified atom stereocenters. The van der Waals surface area contributed by atoms with E-state index >= 15 is 0 Å². The Morgan fingerprint density at radius 2 is 1.61 bits per heavy atom. The highest BCUT2D eigenvalue weighted by atomic mass is 32.2. The van der Waals surface area contributed by atoms with E-state index in [1.807, 2.05) is 0 Å².